The highest BCUT2D eigenvalue weighted by Gasteiger charge is 2.12. The highest BCUT2D eigenvalue weighted by Crippen LogP contribution is 2.37. The molecule has 0 aliphatic rings. The van der Waals surface area contributed by atoms with Gasteiger partial charge in [-0.25, -0.2) is 5.43 Å². The second-order valence-electron chi connectivity index (χ2n) is 6.86. The van der Waals surface area contributed by atoms with Crippen molar-refractivity contribution < 1.29 is 19.0 Å². The molecule has 3 aromatic rings. The number of carbonyl (C=O) groups is 1. The Morgan fingerprint density at radius 2 is 1.78 bits per heavy atom. The van der Waals surface area contributed by atoms with E-state index in [0.717, 1.165) is 26.9 Å². The molecule has 3 rings (SSSR count). The summed E-state index contributed by atoms with van der Waals surface area (Å²) in [6.07, 6.45) is 1.79. The number of halogens is 1. The Labute approximate surface area is 196 Å². The van der Waals surface area contributed by atoms with E-state index in [1.165, 1.54) is 0 Å². The normalized spacial score (nSPS) is 10.7. The number of hydrogen-bond donors (Lipinski definition) is 1. The van der Waals surface area contributed by atoms with E-state index in [4.69, 9.17) is 14.2 Å². The van der Waals surface area contributed by atoms with Crippen LogP contribution in [0.15, 0.2) is 76.3 Å². The summed E-state index contributed by atoms with van der Waals surface area (Å²) in [5.74, 6) is 1.76. The number of ether oxygens (including phenoxy) is 3. The fourth-order valence-corrected chi connectivity index (χ4v) is 3.52. The van der Waals surface area contributed by atoms with E-state index in [1.807, 2.05) is 73.7 Å². The zero-order valence-electron chi connectivity index (χ0n) is 18.0. The van der Waals surface area contributed by atoms with Crippen molar-refractivity contribution in [1.29, 1.82) is 0 Å². The highest BCUT2D eigenvalue weighted by atomic mass is 79.9. The number of hydrazone groups is 1. The van der Waals surface area contributed by atoms with Crippen molar-refractivity contribution in [3.05, 3.63) is 87.9 Å². The third kappa shape index (κ3) is 6.85. The number of nitrogens with zero attached hydrogens (tertiary/aromatic N) is 1. The van der Waals surface area contributed by atoms with E-state index in [9.17, 15) is 4.79 Å². The quantitative estimate of drug-likeness (QED) is 0.312. The second kappa shape index (κ2) is 11.9. The number of benzene rings is 3. The summed E-state index contributed by atoms with van der Waals surface area (Å²) in [5.41, 5.74) is 5.25. The Morgan fingerprint density at radius 3 is 2.47 bits per heavy atom. The van der Waals surface area contributed by atoms with Crippen molar-refractivity contribution in [2.45, 2.75) is 20.0 Å². The minimum Gasteiger partial charge on any atom is -0.497 e. The summed E-state index contributed by atoms with van der Waals surface area (Å²) in [5, 5.41) is 4.07. The molecule has 1 amide bonds. The molecule has 0 fully saturated rings. The highest BCUT2D eigenvalue weighted by molar-refractivity contribution is 9.10. The summed E-state index contributed by atoms with van der Waals surface area (Å²) < 4.78 is 17.6. The predicted octanol–water partition coefficient (Wildman–Crippen LogP) is 5.13. The van der Waals surface area contributed by atoms with Crippen molar-refractivity contribution >= 4 is 28.1 Å². The second-order valence-corrected chi connectivity index (χ2v) is 7.71. The first kappa shape index (κ1) is 23.3. The van der Waals surface area contributed by atoms with E-state index in [1.54, 1.807) is 13.3 Å². The van der Waals surface area contributed by atoms with Crippen LogP contribution >= 0.6 is 15.9 Å². The summed E-state index contributed by atoms with van der Waals surface area (Å²) in [6, 6.07) is 20.9. The average Bonchev–Trinajstić information content (AvgIpc) is 2.80. The minimum atomic E-state index is -0.210. The van der Waals surface area contributed by atoms with Gasteiger partial charge in [0.2, 0.25) is 5.91 Å². The molecule has 0 atom stereocenters. The van der Waals surface area contributed by atoms with Gasteiger partial charge in [-0.05, 0) is 63.8 Å². The maximum absolute atomic E-state index is 12.2. The van der Waals surface area contributed by atoms with Gasteiger partial charge < -0.3 is 14.2 Å². The van der Waals surface area contributed by atoms with Crippen LogP contribution in [0.4, 0.5) is 0 Å². The zero-order valence-corrected chi connectivity index (χ0v) is 19.6. The summed E-state index contributed by atoms with van der Waals surface area (Å²) >= 11 is 3.55. The van der Waals surface area contributed by atoms with Gasteiger partial charge in [-0.3, -0.25) is 4.79 Å². The number of methoxy groups -OCH3 is 1. The molecule has 0 unspecified atom stereocenters. The first-order valence-electron chi connectivity index (χ1n) is 10.2. The first-order valence-corrected chi connectivity index (χ1v) is 11.0. The van der Waals surface area contributed by atoms with Crippen LogP contribution in [-0.4, -0.2) is 25.8 Å². The summed E-state index contributed by atoms with van der Waals surface area (Å²) in [4.78, 5) is 12.2. The standard InChI is InChI=1S/C25H25BrN2O4/c1-3-31-23-14-20(13-22(26)25(23)32-17-19-7-5-4-6-8-19)16-27-28-24(29)15-18-9-11-21(30-2)12-10-18/h4-14,16H,3,15,17H2,1-2H3,(H,28,29)/b27-16-. The van der Waals surface area contributed by atoms with Crippen LogP contribution in [0.3, 0.4) is 0 Å². The smallest absolute Gasteiger partial charge is 0.244 e. The molecular weight excluding hydrogens is 472 g/mol. The van der Waals surface area contributed by atoms with Gasteiger partial charge in [-0.2, -0.15) is 5.10 Å². The number of rotatable bonds is 10. The van der Waals surface area contributed by atoms with Gasteiger partial charge in [0.25, 0.3) is 0 Å². The Kier molecular flexibility index (Phi) is 8.69. The minimum absolute atomic E-state index is 0.210. The average molecular weight is 497 g/mol. The largest absolute Gasteiger partial charge is 0.497 e. The molecule has 0 aliphatic carbocycles. The summed E-state index contributed by atoms with van der Waals surface area (Å²) in [7, 11) is 1.60. The molecule has 0 saturated heterocycles. The Balaban J connectivity index is 1.63. The van der Waals surface area contributed by atoms with Gasteiger partial charge in [0.05, 0.1) is 30.8 Å². The van der Waals surface area contributed by atoms with E-state index in [2.05, 4.69) is 26.5 Å². The molecule has 1 N–H and O–H groups in total. The third-order valence-corrected chi connectivity index (χ3v) is 5.07. The molecule has 3 aromatic carbocycles. The molecule has 32 heavy (non-hydrogen) atoms. The lowest BCUT2D eigenvalue weighted by Gasteiger charge is -2.14. The molecule has 0 heterocycles. The monoisotopic (exact) mass is 496 g/mol. The van der Waals surface area contributed by atoms with Gasteiger partial charge >= 0.3 is 0 Å². The Morgan fingerprint density at radius 1 is 1.03 bits per heavy atom. The third-order valence-electron chi connectivity index (χ3n) is 4.48. The maximum atomic E-state index is 12.2. The van der Waals surface area contributed by atoms with Crippen LogP contribution in [0.25, 0.3) is 0 Å². The van der Waals surface area contributed by atoms with Crippen LogP contribution in [0.2, 0.25) is 0 Å². The van der Waals surface area contributed by atoms with Crippen molar-refractivity contribution in [3.63, 3.8) is 0 Å². The van der Waals surface area contributed by atoms with Crippen LogP contribution in [0.1, 0.15) is 23.6 Å². The van der Waals surface area contributed by atoms with Gasteiger partial charge in [0, 0.05) is 0 Å². The molecule has 166 valence electrons. The number of amides is 1. The SMILES string of the molecule is CCOc1cc(/C=N\NC(=O)Cc2ccc(OC)cc2)cc(Br)c1OCc1ccccc1. The van der Waals surface area contributed by atoms with Crippen LogP contribution < -0.4 is 19.6 Å². The van der Waals surface area contributed by atoms with E-state index >= 15 is 0 Å². The zero-order chi connectivity index (χ0) is 22.8. The fraction of sp³-hybridized carbons (Fsp3) is 0.200. The molecule has 0 saturated carbocycles. The van der Waals surface area contributed by atoms with E-state index < -0.39 is 0 Å². The van der Waals surface area contributed by atoms with Crippen molar-refractivity contribution in [2.75, 3.05) is 13.7 Å². The molecule has 6 nitrogen and oxygen atoms in total. The predicted molar refractivity (Wildman–Crippen MR) is 129 cm³/mol. The summed E-state index contributed by atoms with van der Waals surface area (Å²) in [6.45, 7) is 2.83. The lowest BCUT2D eigenvalue weighted by Crippen LogP contribution is -2.19. The lowest BCUT2D eigenvalue weighted by atomic mass is 10.1. The van der Waals surface area contributed by atoms with Gasteiger partial charge in [-0.15, -0.1) is 0 Å². The van der Waals surface area contributed by atoms with Crippen molar-refractivity contribution in [2.24, 2.45) is 5.10 Å². The van der Waals surface area contributed by atoms with Crippen LogP contribution in [-0.2, 0) is 17.8 Å². The molecule has 0 aliphatic heterocycles. The van der Waals surface area contributed by atoms with E-state index in [0.29, 0.717) is 24.7 Å². The number of carbonyl (C=O) groups excluding carboxylic acids is 1. The molecule has 0 bridgehead atoms. The molecule has 0 spiro atoms. The van der Waals surface area contributed by atoms with E-state index in [-0.39, 0.29) is 12.3 Å². The molecular formula is C25H25BrN2O4. The number of hydrogen-bond acceptors (Lipinski definition) is 5. The topological polar surface area (TPSA) is 69.2 Å². The van der Waals surface area contributed by atoms with Crippen molar-refractivity contribution in [1.82, 2.24) is 5.43 Å². The van der Waals surface area contributed by atoms with Crippen molar-refractivity contribution in [3.8, 4) is 17.2 Å². The maximum Gasteiger partial charge on any atom is 0.244 e. The fourth-order valence-electron chi connectivity index (χ4n) is 2.94. The lowest BCUT2D eigenvalue weighted by molar-refractivity contribution is -0.120. The Bertz CT molecular complexity index is 1050. The van der Waals surface area contributed by atoms with Crippen LogP contribution in [0, 0.1) is 0 Å². The molecule has 0 aromatic heterocycles. The molecule has 7 heteroatoms. The molecule has 0 radical (unpaired) electrons. The first-order chi connectivity index (χ1) is 15.6. The van der Waals surface area contributed by atoms with Crippen LogP contribution in [0.5, 0.6) is 17.2 Å². The van der Waals surface area contributed by atoms with Gasteiger partial charge in [-0.1, -0.05) is 42.5 Å². The van der Waals surface area contributed by atoms with Gasteiger partial charge in [0.1, 0.15) is 12.4 Å². The Hall–Kier alpha value is -3.32. The number of nitrogens with one attached hydrogen (secondary N) is 1. The van der Waals surface area contributed by atoms with Gasteiger partial charge in [0.15, 0.2) is 11.5 Å².